The number of amides is 1. The number of esters is 1. The van der Waals surface area contributed by atoms with Crippen molar-refractivity contribution in [1.29, 1.82) is 0 Å². The molecule has 1 amide bonds. The summed E-state index contributed by atoms with van der Waals surface area (Å²) >= 11 is 0. The quantitative estimate of drug-likeness (QED) is 0.547. The van der Waals surface area contributed by atoms with Crippen LogP contribution in [0.4, 0.5) is 0 Å². The second-order valence-corrected chi connectivity index (χ2v) is 7.05. The Balaban J connectivity index is 1.46. The van der Waals surface area contributed by atoms with Crippen molar-refractivity contribution < 1.29 is 28.2 Å². The van der Waals surface area contributed by atoms with Gasteiger partial charge in [-0.2, -0.15) is 0 Å². The highest BCUT2D eigenvalue weighted by molar-refractivity contribution is 6.03. The van der Waals surface area contributed by atoms with Gasteiger partial charge in [0, 0.05) is 20.1 Å². The molecule has 0 aliphatic carbocycles. The fourth-order valence-corrected chi connectivity index (χ4v) is 3.36. The first-order chi connectivity index (χ1) is 14.9. The highest BCUT2D eigenvalue weighted by Gasteiger charge is 2.25. The Kier molecular flexibility index (Phi) is 5.37. The molecule has 2 aromatic heterocycles. The predicted molar refractivity (Wildman–Crippen MR) is 108 cm³/mol. The van der Waals surface area contributed by atoms with Gasteiger partial charge >= 0.3 is 5.97 Å². The van der Waals surface area contributed by atoms with E-state index in [4.69, 9.17) is 18.6 Å². The Hall–Kier alpha value is -3.82. The van der Waals surface area contributed by atoms with Crippen molar-refractivity contribution in [2.45, 2.75) is 20.4 Å². The second-order valence-electron chi connectivity index (χ2n) is 7.05. The van der Waals surface area contributed by atoms with Crippen molar-refractivity contribution in [1.82, 2.24) is 14.5 Å². The summed E-state index contributed by atoms with van der Waals surface area (Å²) in [5.74, 6) is 0.315. The van der Waals surface area contributed by atoms with Crippen LogP contribution in [-0.4, -0.2) is 46.3 Å². The Bertz CT molecular complexity index is 1230. The summed E-state index contributed by atoms with van der Waals surface area (Å²) in [6, 6.07) is 5.45. The number of carbonyl (C=O) groups excluding carboxylic acids is 2. The number of aromatic nitrogens is 2. The molecular weight excluding hydrogens is 406 g/mol. The van der Waals surface area contributed by atoms with Crippen molar-refractivity contribution in [3.8, 4) is 11.5 Å². The van der Waals surface area contributed by atoms with E-state index in [1.54, 1.807) is 11.0 Å². The third kappa shape index (κ3) is 3.83. The maximum atomic E-state index is 12.6. The third-order valence-electron chi connectivity index (χ3n) is 5.02. The molecule has 162 valence electrons. The lowest BCUT2D eigenvalue weighted by Gasteiger charge is -2.21. The maximum absolute atomic E-state index is 12.6. The Labute approximate surface area is 176 Å². The summed E-state index contributed by atoms with van der Waals surface area (Å²) < 4.78 is 22.5. The van der Waals surface area contributed by atoms with Crippen LogP contribution in [0.25, 0.3) is 11.1 Å². The zero-order chi connectivity index (χ0) is 22.1. The minimum absolute atomic E-state index is 0.0182. The van der Waals surface area contributed by atoms with Crippen LogP contribution in [0.1, 0.15) is 28.6 Å². The Morgan fingerprint density at radius 1 is 1.26 bits per heavy atom. The summed E-state index contributed by atoms with van der Waals surface area (Å²) in [6.45, 7) is 3.81. The predicted octanol–water partition coefficient (Wildman–Crippen LogP) is 1.77. The van der Waals surface area contributed by atoms with E-state index in [1.165, 1.54) is 24.9 Å². The largest absolute Gasteiger partial charge is 0.454 e. The molecule has 1 aliphatic heterocycles. The zero-order valence-electron chi connectivity index (χ0n) is 17.3. The van der Waals surface area contributed by atoms with Crippen LogP contribution in [-0.2, 0) is 23.1 Å². The van der Waals surface area contributed by atoms with E-state index in [2.05, 4.69) is 4.98 Å². The Morgan fingerprint density at radius 2 is 2.03 bits per heavy atom. The van der Waals surface area contributed by atoms with Gasteiger partial charge in [-0.25, -0.2) is 9.78 Å². The summed E-state index contributed by atoms with van der Waals surface area (Å²) in [5, 5.41) is 0.0349. The molecule has 31 heavy (non-hydrogen) atoms. The topological polar surface area (TPSA) is 113 Å². The van der Waals surface area contributed by atoms with Crippen molar-refractivity contribution in [3.63, 3.8) is 0 Å². The molecule has 0 atom stereocenters. The van der Waals surface area contributed by atoms with Crippen LogP contribution in [0.3, 0.4) is 0 Å². The van der Waals surface area contributed by atoms with E-state index in [0.29, 0.717) is 24.6 Å². The van der Waals surface area contributed by atoms with Crippen LogP contribution < -0.4 is 15.0 Å². The highest BCUT2D eigenvalue weighted by Crippen LogP contribution is 2.32. The number of nitrogens with zero attached hydrogens (tertiary/aromatic N) is 3. The zero-order valence-corrected chi connectivity index (χ0v) is 17.3. The van der Waals surface area contributed by atoms with Gasteiger partial charge in [0.2, 0.25) is 12.5 Å². The van der Waals surface area contributed by atoms with Crippen LogP contribution in [0.15, 0.2) is 33.7 Å². The molecule has 0 saturated heterocycles. The van der Waals surface area contributed by atoms with Gasteiger partial charge in [0.15, 0.2) is 18.1 Å². The summed E-state index contributed by atoms with van der Waals surface area (Å²) in [5.41, 5.74) is 0.460. The fourth-order valence-electron chi connectivity index (χ4n) is 3.36. The van der Waals surface area contributed by atoms with E-state index in [1.807, 2.05) is 19.1 Å². The molecule has 0 saturated carbocycles. The van der Waals surface area contributed by atoms with E-state index in [0.717, 1.165) is 5.56 Å². The number of fused-ring (bicyclic) bond motifs is 2. The normalized spacial score (nSPS) is 12.2. The molecule has 4 rings (SSSR count). The lowest BCUT2D eigenvalue weighted by Crippen LogP contribution is -2.34. The molecule has 3 heterocycles. The molecule has 0 spiro atoms. The number of aryl methyl sites for hydroxylation is 2. The summed E-state index contributed by atoms with van der Waals surface area (Å²) in [4.78, 5) is 43.3. The minimum atomic E-state index is -0.811. The molecule has 1 aromatic carbocycles. The third-order valence-corrected chi connectivity index (χ3v) is 5.02. The average molecular weight is 427 g/mol. The number of carbonyl (C=O) groups is 2. The molecule has 0 fully saturated rings. The van der Waals surface area contributed by atoms with Gasteiger partial charge in [-0.1, -0.05) is 6.07 Å². The van der Waals surface area contributed by atoms with Crippen LogP contribution in [0.5, 0.6) is 11.5 Å². The van der Waals surface area contributed by atoms with Crippen LogP contribution >= 0.6 is 0 Å². The molecule has 1 aliphatic rings. The fraction of sp³-hybridized carbons (Fsp3) is 0.333. The van der Waals surface area contributed by atoms with Gasteiger partial charge in [-0.15, -0.1) is 0 Å². The molecule has 10 heteroatoms. The standard InChI is InChI=1S/C21H21N3O7/c1-4-24(8-13-5-6-14-15(7-13)30-11-29-14)16(25)9-28-21(27)17-12(2)31-19-18(17)20(26)23(3)10-22-19/h5-7,10H,4,8-9,11H2,1-3H3. The molecule has 0 unspecified atom stereocenters. The highest BCUT2D eigenvalue weighted by atomic mass is 16.7. The molecular formula is C21H21N3O7. The number of hydrogen-bond acceptors (Lipinski definition) is 8. The lowest BCUT2D eigenvalue weighted by molar-refractivity contribution is -0.134. The van der Waals surface area contributed by atoms with Crippen LogP contribution in [0, 0.1) is 6.92 Å². The van der Waals surface area contributed by atoms with E-state index in [-0.39, 0.29) is 35.1 Å². The van der Waals surface area contributed by atoms with Gasteiger partial charge in [0.1, 0.15) is 23.0 Å². The average Bonchev–Trinajstić information content (AvgIpc) is 3.36. The minimum Gasteiger partial charge on any atom is -0.454 e. The number of hydrogen-bond donors (Lipinski definition) is 0. The van der Waals surface area contributed by atoms with Crippen LogP contribution in [0.2, 0.25) is 0 Å². The number of furan rings is 1. The number of ether oxygens (including phenoxy) is 3. The first-order valence-corrected chi connectivity index (χ1v) is 9.67. The molecule has 0 bridgehead atoms. The summed E-state index contributed by atoms with van der Waals surface area (Å²) in [6.07, 6.45) is 1.31. The van der Waals surface area contributed by atoms with E-state index in [9.17, 15) is 14.4 Å². The Morgan fingerprint density at radius 3 is 2.81 bits per heavy atom. The SMILES string of the molecule is CCN(Cc1ccc2c(c1)OCO2)C(=O)COC(=O)c1c(C)oc2ncn(C)c(=O)c12. The monoisotopic (exact) mass is 427 g/mol. The lowest BCUT2D eigenvalue weighted by atomic mass is 10.2. The smallest absolute Gasteiger partial charge is 0.343 e. The van der Waals surface area contributed by atoms with Gasteiger partial charge in [-0.05, 0) is 31.5 Å². The molecule has 0 N–H and O–H groups in total. The number of rotatable bonds is 6. The van der Waals surface area contributed by atoms with Gasteiger partial charge in [0.25, 0.3) is 11.5 Å². The summed E-state index contributed by atoms with van der Waals surface area (Å²) in [7, 11) is 1.52. The van der Waals surface area contributed by atoms with Gasteiger partial charge in [0.05, 0.1) is 0 Å². The number of likely N-dealkylation sites (N-methyl/N-ethyl adjacent to an activating group) is 1. The van der Waals surface area contributed by atoms with Gasteiger partial charge in [-0.3, -0.25) is 9.59 Å². The first-order valence-electron chi connectivity index (χ1n) is 9.67. The van der Waals surface area contributed by atoms with Crippen molar-refractivity contribution in [2.75, 3.05) is 19.9 Å². The maximum Gasteiger partial charge on any atom is 0.343 e. The van der Waals surface area contributed by atoms with Crippen molar-refractivity contribution in [2.24, 2.45) is 7.05 Å². The van der Waals surface area contributed by atoms with Gasteiger partial charge < -0.3 is 28.1 Å². The van der Waals surface area contributed by atoms with E-state index < -0.39 is 18.1 Å². The molecule has 10 nitrogen and oxygen atoms in total. The van der Waals surface area contributed by atoms with Crippen molar-refractivity contribution >= 4 is 23.0 Å². The van der Waals surface area contributed by atoms with Crippen molar-refractivity contribution in [3.05, 3.63) is 51.8 Å². The molecule has 3 aromatic rings. The first kappa shape index (κ1) is 20.5. The molecule has 0 radical (unpaired) electrons. The van der Waals surface area contributed by atoms with E-state index >= 15 is 0 Å². The second kappa shape index (κ2) is 8.13. The number of benzene rings is 1.